The largest absolute Gasteiger partial charge is 0.299 e. The number of hydrogen-bond acceptors (Lipinski definition) is 1. The molecule has 0 rings (SSSR count). The maximum absolute atomic E-state index is 9.91. The maximum atomic E-state index is 9.91. The van der Waals surface area contributed by atoms with Gasteiger partial charge < -0.3 is 0 Å². The highest BCUT2D eigenvalue weighted by molar-refractivity contribution is 5.65. The van der Waals surface area contributed by atoms with Gasteiger partial charge in [-0.15, -0.1) is 0 Å². The highest BCUT2D eigenvalue weighted by Gasteiger charge is 1.78. The summed E-state index contributed by atoms with van der Waals surface area (Å²) in [7, 11) is 0. The molecule has 0 bridgehead atoms. The van der Waals surface area contributed by atoms with Crippen LogP contribution >= 0.6 is 0 Å². The molecule has 1 heteroatoms. The van der Waals surface area contributed by atoms with Gasteiger partial charge in [-0.25, -0.2) is 0 Å². The molecule has 0 amide bonds. The van der Waals surface area contributed by atoms with Crippen LogP contribution in [0.3, 0.4) is 0 Å². The van der Waals surface area contributed by atoms with Gasteiger partial charge in [-0.2, -0.15) is 0 Å². The second-order valence-electron chi connectivity index (χ2n) is 3.30. The third-order valence-electron chi connectivity index (χ3n) is 1.46. The van der Waals surface area contributed by atoms with Gasteiger partial charge >= 0.3 is 0 Å². The summed E-state index contributed by atoms with van der Waals surface area (Å²) in [5, 5.41) is 0. The molecular formula is C14H18O. The van der Waals surface area contributed by atoms with E-state index in [-0.39, 0.29) is 0 Å². The summed E-state index contributed by atoms with van der Waals surface area (Å²) in [6.45, 7) is 4.28. The minimum absolute atomic E-state index is 0.590. The Hall–Kier alpha value is -1.63. The summed E-state index contributed by atoms with van der Waals surface area (Å²) >= 11 is 0. The SMILES string of the molecule is CC(C)/C=C/C=C/C=C/C=C/C=C/C=O. The van der Waals surface area contributed by atoms with E-state index in [1.165, 1.54) is 6.08 Å². The van der Waals surface area contributed by atoms with E-state index in [2.05, 4.69) is 19.9 Å². The first kappa shape index (κ1) is 13.4. The average Bonchev–Trinajstić information content (AvgIpc) is 2.20. The molecule has 0 unspecified atom stereocenters. The Labute approximate surface area is 92.2 Å². The predicted octanol–water partition coefficient (Wildman–Crippen LogP) is 3.62. The van der Waals surface area contributed by atoms with Crippen LogP contribution in [0, 0.1) is 5.92 Å². The molecule has 15 heavy (non-hydrogen) atoms. The average molecular weight is 202 g/mol. The molecule has 0 saturated heterocycles. The Bertz CT molecular complexity index is 288. The molecule has 0 atom stereocenters. The second-order valence-corrected chi connectivity index (χ2v) is 3.30. The third kappa shape index (κ3) is 12.4. The lowest BCUT2D eigenvalue weighted by atomic mass is 10.2. The van der Waals surface area contributed by atoms with Crippen molar-refractivity contribution in [2.24, 2.45) is 5.92 Å². The second kappa shape index (κ2) is 10.5. The minimum Gasteiger partial charge on any atom is -0.299 e. The number of carbonyl (C=O) groups excluding carboxylic acids is 1. The fraction of sp³-hybridized carbons (Fsp3) is 0.214. The normalized spacial score (nSPS) is 13.5. The first-order valence-electron chi connectivity index (χ1n) is 5.06. The Kier molecular flexibility index (Phi) is 9.32. The highest BCUT2D eigenvalue weighted by atomic mass is 16.1. The van der Waals surface area contributed by atoms with Crippen molar-refractivity contribution in [1.29, 1.82) is 0 Å². The molecule has 0 saturated carbocycles. The Morgan fingerprint density at radius 2 is 1.07 bits per heavy atom. The number of aldehydes is 1. The van der Waals surface area contributed by atoms with E-state index >= 15 is 0 Å². The smallest absolute Gasteiger partial charge is 0.142 e. The quantitative estimate of drug-likeness (QED) is 0.365. The highest BCUT2D eigenvalue weighted by Crippen LogP contribution is 1.93. The molecule has 0 aliphatic carbocycles. The molecule has 0 aliphatic heterocycles. The fourth-order valence-electron chi connectivity index (χ4n) is 0.781. The standard InChI is InChI=1S/C14H18O/c1-14(2)12-10-8-6-4-3-5-7-9-11-13-15/h3-14H,1-2H3/b4-3+,7-5+,8-6+,11-9+,12-10+. The lowest BCUT2D eigenvalue weighted by Gasteiger charge is -1.88. The van der Waals surface area contributed by atoms with Crippen LogP contribution < -0.4 is 0 Å². The summed E-state index contributed by atoms with van der Waals surface area (Å²) < 4.78 is 0. The molecular weight excluding hydrogens is 184 g/mol. The van der Waals surface area contributed by atoms with Crippen LogP contribution in [0.2, 0.25) is 0 Å². The Morgan fingerprint density at radius 3 is 1.47 bits per heavy atom. The first-order chi connectivity index (χ1) is 7.27. The topological polar surface area (TPSA) is 17.1 Å². The van der Waals surface area contributed by atoms with Crippen LogP contribution in [-0.4, -0.2) is 6.29 Å². The van der Waals surface area contributed by atoms with Crippen molar-refractivity contribution in [3.8, 4) is 0 Å². The van der Waals surface area contributed by atoms with Gasteiger partial charge in [0.25, 0.3) is 0 Å². The number of carbonyl (C=O) groups is 1. The molecule has 0 aromatic carbocycles. The monoisotopic (exact) mass is 202 g/mol. The fourth-order valence-corrected chi connectivity index (χ4v) is 0.781. The molecule has 0 N–H and O–H groups in total. The summed E-state index contributed by atoms with van der Waals surface area (Å²) in [6, 6.07) is 0. The zero-order valence-corrected chi connectivity index (χ0v) is 9.34. The van der Waals surface area contributed by atoms with Crippen LogP contribution in [0.25, 0.3) is 0 Å². The van der Waals surface area contributed by atoms with Crippen LogP contribution in [0.4, 0.5) is 0 Å². The third-order valence-corrected chi connectivity index (χ3v) is 1.46. The number of rotatable bonds is 6. The van der Waals surface area contributed by atoms with E-state index < -0.39 is 0 Å². The minimum atomic E-state index is 0.590. The van der Waals surface area contributed by atoms with Gasteiger partial charge in [0.2, 0.25) is 0 Å². The van der Waals surface area contributed by atoms with Crippen molar-refractivity contribution >= 4 is 6.29 Å². The number of hydrogen-bond donors (Lipinski definition) is 0. The van der Waals surface area contributed by atoms with Crippen molar-refractivity contribution in [3.63, 3.8) is 0 Å². The molecule has 0 aliphatic rings. The van der Waals surface area contributed by atoms with Crippen LogP contribution in [0.1, 0.15) is 13.8 Å². The van der Waals surface area contributed by atoms with E-state index in [0.717, 1.165) is 6.29 Å². The van der Waals surface area contributed by atoms with Gasteiger partial charge in [-0.3, -0.25) is 4.79 Å². The molecule has 1 nitrogen and oxygen atoms in total. The summed E-state index contributed by atoms with van der Waals surface area (Å²) in [4.78, 5) is 9.91. The van der Waals surface area contributed by atoms with Gasteiger partial charge in [0.15, 0.2) is 0 Å². The molecule has 0 aromatic heterocycles. The van der Waals surface area contributed by atoms with Gasteiger partial charge in [0.05, 0.1) is 0 Å². The lowest BCUT2D eigenvalue weighted by molar-refractivity contribution is -0.104. The molecule has 0 radical (unpaired) electrons. The van der Waals surface area contributed by atoms with E-state index in [1.807, 2.05) is 42.5 Å². The van der Waals surface area contributed by atoms with Gasteiger partial charge in [-0.1, -0.05) is 68.5 Å². The Balaban J connectivity index is 3.75. The molecule has 0 heterocycles. The van der Waals surface area contributed by atoms with Gasteiger partial charge in [0.1, 0.15) is 6.29 Å². The molecule has 80 valence electrons. The van der Waals surface area contributed by atoms with Crippen molar-refractivity contribution in [2.75, 3.05) is 0 Å². The zero-order chi connectivity index (χ0) is 11.4. The van der Waals surface area contributed by atoms with E-state index in [1.54, 1.807) is 6.08 Å². The van der Waals surface area contributed by atoms with E-state index in [0.29, 0.717) is 5.92 Å². The van der Waals surface area contributed by atoms with Crippen molar-refractivity contribution in [3.05, 3.63) is 60.8 Å². The first-order valence-corrected chi connectivity index (χ1v) is 5.06. The van der Waals surface area contributed by atoms with Crippen molar-refractivity contribution < 1.29 is 4.79 Å². The summed E-state index contributed by atoms with van der Waals surface area (Å²) in [5.41, 5.74) is 0. The maximum Gasteiger partial charge on any atom is 0.142 e. The van der Waals surface area contributed by atoms with Gasteiger partial charge in [-0.05, 0) is 12.0 Å². The van der Waals surface area contributed by atoms with Gasteiger partial charge in [0, 0.05) is 0 Å². The van der Waals surface area contributed by atoms with Crippen molar-refractivity contribution in [1.82, 2.24) is 0 Å². The van der Waals surface area contributed by atoms with Crippen LogP contribution in [-0.2, 0) is 4.79 Å². The van der Waals surface area contributed by atoms with Crippen LogP contribution in [0.5, 0.6) is 0 Å². The van der Waals surface area contributed by atoms with Crippen molar-refractivity contribution in [2.45, 2.75) is 13.8 Å². The molecule has 0 spiro atoms. The van der Waals surface area contributed by atoms with Crippen LogP contribution in [0.15, 0.2) is 60.8 Å². The Morgan fingerprint density at radius 1 is 0.667 bits per heavy atom. The van der Waals surface area contributed by atoms with E-state index in [9.17, 15) is 4.79 Å². The van der Waals surface area contributed by atoms with E-state index in [4.69, 9.17) is 0 Å². The molecule has 0 aromatic rings. The lowest BCUT2D eigenvalue weighted by Crippen LogP contribution is -1.74. The zero-order valence-electron chi connectivity index (χ0n) is 9.34. The predicted molar refractivity (Wildman–Crippen MR) is 66.6 cm³/mol. The summed E-state index contributed by atoms with van der Waals surface area (Å²) in [6.07, 6.45) is 19.6. The molecule has 0 fully saturated rings. The number of allylic oxidation sites excluding steroid dienone is 10. The summed E-state index contributed by atoms with van der Waals surface area (Å²) in [5.74, 6) is 0.590.